The first-order valence-electron chi connectivity index (χ1n) is 7.25. The molecular weight excluding hydrogens is 320 g/mol. The maximum absolute atomic E-state index is 12.2. The average molecular weight is 337 g/mol. The molecule has 0 saturated carbocycles. The maximum atomic E-state index is 12.2. The third-order valence-corrected chi connectivity index (χ3v) is 4.99. The van der Waals surface area contributed by atoms with Gasteiger partial charge in [0, 0.05) is 23.0 Å². The molecule has 3 aliphatic heterocycles. The first kappa shape index (κ1) is 12.7. The molecule has 0 radical (unpaired) electrons. The van der Waals surface area contributed by atoms with Crippen LogP contribution in [0.3, 0.4) is 0 Å². The summed E-state index contributed by atoms with van der Waals surface area (Å²) in [6.07, 6.45) is 4.20. The number of fused-ring (bicyclic) bond motifs is 2. The van der Waals surface area contributed by atoms with Crippen LogP contribution in [0.1, 0.15) is 36.6 Å². The van der Waals surface area contributed by atoms with Gasteiger partial charge in [-0.1, -0.05) is 22.4 Å². The molecule has 2 saturated heterocycles. The molecule has 3 aliphatic rings. The van der Waals surface area contributed by atoms with Crippen LogP contribution in [0.15, 0.2) is 16.6 Å². The molecule has 5 heteroatoms. The Morgan fingerprint density at radius 3 is 3.15 bits per heavy atom. The molecule has 0 unspecified atom stereocenters. The molecule has 0 aromatic heterocycles. The molecule has 0 aliphatic carbocycles. The molecule has 3 heterocycles. The standard InChI is InChI=1S/C15H17BrN2O2/c16-10-7-9-4-6-20-13(9)11(8-10)14-17-15(19)12-3-1-2-5-18(12)14/h7-8,12,14H,1-6H2,(H,17,19)/t12-,14+/m0/s1. The van der Waals surface area contributed by atoms with E-state index < -0.39 is 0 Å². The van der Waals surface area contributed by atoms with Gasteiger partial charge in [-0.25, -0.2) is 0 Å². The van der Waals surface area contributed by atoms with E-state index in [9.17, 15) is 4.79 Å². The Kier molecular flexibility index (Phi) is 3.00. The van der Waals surface area contributed by atoms with Crippen LogP contribution in [0.2, 0.25) is 0 Å². The van der Waals surface area contributed by atoms with Crippen LogP contribution in [-0.2, 0) is 11.2 Å². The zero-order chi connectivity index (χ0) is 13.7. The van der Waals surface area contributed by atoms with Crippen molar-refractivity contribution in [2.24, 2.45) is 0 Å². The van der Waals surface area contributed by atoms with E-state index in [1.165, 1.54) is 12.0 Å². The van der Waals surface area contributed by atoms with E-state index in [1.54, 1.807) is 0 Å². The Balaban J connectivity index is 1.76. The van der Waals surface area contributed by atoms with Gasteiger partial charge >= 0.3 is 0 Å². The predicted molar refractivity (Wildman–Crippen MR) is 78.6 cm³/mol. The van der Waals surface area contributed by atoms with Crippen LogP contribution < -0.4 is 10.1 Å². The van der Waals surface area contributed by atoms with Crippen LogP contribution in [0.5, 0.6) is 5.75 Å². The quantitative estimate of drug-likeness (QED) is 0.856. The number of halogens is 1. The van der Waals surface area contributed by atoms with Gasteiger partial charge in [0.05, 0.1) is 12.6 Å². The normalized spacial score (nSPS) is 28.8. The number of amides is 1. The highest BCUT2D eigenvalue weighted by Gasteiger charge is 2.43. The number of piperidine rings is 1. The minimum Gasteiger partial charge on any atom is -0.493 e. The molecule has 2 fully saturated rings. The summed E-state index contributed by atoms with van der Waals surface area (Å²) in [7, 11) is 0. The zero-order valence-corrected chi connectivity index (χ0v) is 12.8. The SMILES string of the molecule is O=C1N[C@@H](c2cc(Br)cc3c2OCC3)N2CCCC[C@@H]12. The number of carbonyl (C=O) groups is 1. The second-order valence-corrected chi connectivity index (χ2v) is 6.66. The topological polar surface area (TPSA) is 41.6 Å². The van der Waals surface area contributed by atoms with Gasteiger partial charge < -0.3 is 10.1 Å². The molecule has 1 aromatic carbocycles. The van der Waals surface area contributed by atoms with Crippen molar-refractivity contribution in [1.82, 2.24) is 10.2 Å². The summed E-state index contributed by atoms with van der Waals surface area (Å²) in [5, 5.41) is 3.16. The summed E-state index contributed by atoms with van der Waals surface area (Å²) in [5.74, 6) is 1.14. The Labute approximate surface area is 126 Å². The molecule has 20 heavy (non-hydrogen) atoms. The van der Waals surface area contributed by atoms with E-state index in [2.05, 4.69) is 38.3 Å². The van der Waals surface area contributed by atoms with E-state index in [-0.39, 0.29) is 18.1 Å². The molecule has 0 bridgehead atoms. The second kappa shape index (κ2) is 4.74. The molecule has 0 spiro atoms. The van der Waals surface area contributed by atoms with Gasteiger partial charge in [0.1, 0.15) is 11.9 Å². The summed E-state index contributed by atoms with van der Waals surface area (Å²) < 4.78 is 6.87. The summed E-state index contributed by atoms with van der Waals surface area (Å²) in [6, 6.07) is 4.26. The monoisotopic (exact) mass is 336 g/mol. The lowest BCUT2D eigenvalue weighted by Gasteiger charge is -2.32. The number of hydrogen-bond donors (Lipinski definition) is 1. The highest BCUT2D eigenvalue weighted by molar-refractivity contribution is 9.10. The summed E-state index contributed by atoms with van der Waals surface area (Å²) >= 11 is 3.58. The highest BCUT2D eigenvalue weighted by Crippen LogP contribution is 2.41. The van der Waals surface area contributed by atoms with Crippen molar-refractivity contribution >= 4 is 21.8 Å². The summed E-state index contributed by atoms with van der Waals surface area (Å²) in [5.41, 5.74) is 2.34. The second-order valence-electron chi connectivity index (χ2n) is 5.74. The Hall–Kier alpha value is -1.07. The van der Waals surface area contributed by atoms with Gasteiger partial charge in [-0.3, -0.25) is 9.69 Å². The Bertz CT molecular complexity index is 575. The van der Waals surface area contributed by atoms with Crippen molar-refractivity contribution in [2.45, 2.75) is 37.9 Å². The smallest absolute Gasteiger partial charge is 0.238 e. The number of hydrogen-bond acceptors (Lipinski definition) is 3. The molecule has 2 atom stereocenters. The fourth-order valence-corrected chi connectivity index (χ4v) is 4.14. The van der Waals surface area contributed by atoms with Crippen molar-refractivity contribution in [2.75, 3.05) is 13.2 Å². The molecule has 1 N–H and O–H groups in total. The van der Waals surface area contributed by atoms with Crippen molar-refractivity contribution < 1.29 is 9.53 Å². The van der Waals surface area contributed by atoms with E-state index in [0.29, 0.717) is 0 Å². The number of nitrogens with zero attached hydrogens (tertiary/aromatic N) is 1. The minimum absolute atomic E-state index is 0.0304. The lowest BCUT2D eigenvalue weighted by atomic mass is 10.0. The van der Waals surface area contributed by atoms with Gasteiger partial charge in [-0.05, 0) is 30.5 Å². The van der Waals surface area contributed by atoms with Gasteiger partial charge in [0.2, 0.25) is 5.91 Å². The highest BCUT2D eigenvalue weighted by atomic mass is 79.9. The maximum Gasteiger partial charge on any atom is 0.238 e. The number of ether oxygens (including phenoxy) is 1. The van der Waals surface area contributed by atoms with E-state index in [0.717, 1.165) is 48.2 Å². The van der Waals surface area contributed by atoms with Gasteiger partial charge in [-0.15, -0.1) is 0 Å². The number of rotatable bonds is 1. The average Bonchev–Trinajstić information content (AvgIpc) is 3.03. The molecule has 1 amide bonds. The molecular formula is C15H17BrN2O2. The minimum atomic E-state index is -0.0304. The van der Waals surface area contributed by atoms with Gasteiger partial charge in [0.25, 0.3) is 0 Å². The summed E-state index contributed by atoms with van der Waals surface area (Å²) in [6.45, 7) is 1.72. The molecule has 106 valence electrons. The van der Waals surface area contributed by atoms with Crippen molar-refractivity contribution in [3.8, 4) is 5.75 Å². The van der Waals surface area contributed by atoms with Crippen LogP contribution >= 0.6 is 15.9 Å². The molecule has 1 aromatic rings. The Morgan fingerprint density at radius 1 is 1.35 bits per heavy atom. The lowest BCUT2D eigenvalue weighted by Crippen LogP contribution is -2.38. The van der Waals surface area contributed by atoms with E-state index >= 15 is 0 Å². The first-order valence-corrected chi connectivity index (χ1v) is 8.04. The zero-order valence-electron chi connectivity index (χ0n) is 11.2. The van der Waals surface area contributed by atoms with Gasteiger partial charge in [0.15, 0.2) is 0 Å². The van der Waals surface area contributed by atoms with Crippen molar-refractivity contribution in [3.05, 3.63) is 27.7 Å². The molecule has 4 nitrogen and oxygen atoms in total. The first-order chi connectivity index (χ1) is 9.74. The van der Waals surface area contributed by atoms with Crippen molar-refractivity contribution in [1.29, 1.82) is 0 Å². The van der Waals surface area contributed by atoms with Crippen LogP contribution in [0.25, 0.3) is 0 Å². The van der Waals surface area contributed by atoms with Gasteiger partial charge in [-0.2, -0.15) is 0 Å². The largest absolute Gasteiger partial charge is 0.493 e. The summed E-state index contributed by atoms with van der Waals surface area (Å²) in [4.78, 5) is 14.5. The third-order valence-electron chi connectivity index (χ3n) is 4.53. The van der Waals surface area contributed by atoms with E-state index in [1.807, 2.05) is 0 Å². The fourth-order valence-electron chi connectivity index (χ4n) is 3.62. The van der Waals surface area contributed by atoms with Crippen molar-refractivity contribution in [3.63, 3.8) is 0 Å². The number of nitrogens with one attached hydrogen (secondary N) is 1. The van der Waals surface area contributed by atoms with E-state index in [4.69, 9.17) is 4.74 Å². The van der Waals surface area contributed by atoms with Crippen LogP contribution in [0.4, 0.5) is 0 Å². The predicted octanol–water partition coefficient (Wildman–Crippen LogP) is 2.37. The number of carbonyl (C=O) groups excluding carboxylic acids is 1. The van der Waals surface area contributed by atoms with Crippen LogP contribution in [-0.4, -0.2) is 30.0 Å². The fraction of sp³-hybridized carbons (Fsp3) is 0.533. The molecule has 4 rings (SSSR count). The Morgan fingerprint density at radius 2 is 2.25 bits per heavy atom. The lowest BCUT2D eigenvalue weighted by molar-refractivity contribution is -0.122. The van der Waals surface area contributed by atoms with Crippen LogP contribution in [0, 0.1) is 0 Å². The third kappa shape index (κ3) is 1.87. The number of benzene rings is 1.